The van der Waals surface area contributed by atoms with Gasteiger partial charge in [0.1, 0.15) is 11.5 Å². The first kappa shape index (κ1) is 16.4. The van der Waals surface area contributed by atoms with Gasteiger partial charge in [0.05, 0.1) is 14.2 Å². The molecule has 1 aromatic rings. The van der Waals surface area contributed by atoms with E-state index in [1.807, 2.05) is 0 Å². The molecule has 1 heterocycles. The third-order valence-electron chi connectivity index (χ3n) is 4.91. The topological polar surface area (TPSA) is 21.7 Å². The summed E-state index contributed by atoms with van der Waals surface area (Å²) in [4.78, 5) is 2.61. The minimum Gasteiger partial charge on any atom is -0.496 e. The van der Waals surface area contributed by atoms with Crippen LogP contribution in [0.1, 0.15) is 36.8 Å². The molecular formula is C17H26ClNO2. The molecule has 0 aromatic heterocycles. The molecule has 4 heteroatoms. The second-order valence-electron chi connectivity index (χ2n) is 6.03. The highest BCUT2D eigenvalue weighted by atomic mass is 35.5. The summed E-state index contributed by atoms with van der Waals surface area (Å²) in [6, 6.07) is 4.12. The Morgan fingerprint density at radius 3 is 2.52 bits per heavy atom. The summed E-state index contributed by atoms with van der Waals surface area (Å²) in [5, 5.41) is 0. The number of halogens is 1. The minimum atomic E-state index is 0. The number of benzene rings is 1. The van der Waals surface area contributed by atoms with E-state index in [9.17, 15) is 0 Å². The average Bonchev–Trinajstić information content (AvgIpc) is 2.89. The van der Waals surface area contributed by atoms with Crippen molar-refractivity contribution < 1.29 is 9.47 Å². The monoisotopic (exact) mass is 311 g/mol. The second kappa shape index (κ2) is 6.89. The molecule has 1 aliphatic heterocycles. The molecule has 0 radical (unpaired) electrons. The van der Waals surface area contributed by atoms with E-state index in [1.165, 1.54) is 43.6 Å². The standard InChI is InChI=1S/C17H25NO2.ClH/c1-4-9-18-10-12-5-6-13-15(19-2)7-8-16(20-3)17(13)14(12)11-18;/h7-8,12,14H,4-6,9-11H2,1-3H3;1H. The first-order valence-electron chi connectivity index (χ1n) is 7.74. The number of likely N-dealkylation sites (tertiary alicyclic amines) is 1. The number of fused-ring (bicyclic) bond motifs is 3. The summed E-state index contributed by atoms with van der Waals surface area (Å²) < 4.78 is 11.2. The lowest BCUT2D eigenvalue weighted by Crippen LogP contribution is -2.21. The van der Waals surface area contributed by atoms with Gasteiger partial charge >= 0.3 is 0 Å². The number of rotatable bonds is 4. The normalized spacial score (nSPS) is 24.0. The van der Waals surface area contributed by atoms with Crippen LogP contribution < -0.4 is 9.47 Å². The zero-order valence-electron chi connectivity index (χ0n) is 13.2. The molecule has 118 valence electrons. The van der Waals surface area contributed by atoms with Crippen molar-refractivity contribution in [3.05, 3.63) is 23.3 Å². The van der Waals surface area contributed by atoms with Crippen LogP contribution in [0.4, 0.5) is 0 Å². The Labute approximate surface area is 134 Å². The Morgan fingerprint density at radius 2 is 1.86 bits per heavy atom. The molecule has 1 fully saturated rings. The van der Waals surface area contributed by atoms with Crippen molar-refractivity contribution in [2.45, 2.75) is 32.1 Å². The molecule has 1 aliphatic carbocycles. The average molecular weight is 312 g/mol. The first-order valence-corrected chi connectivity index (χ1v) is 7.74. The minimum absolute atomic E-state index is 0. The van der Waals surface area contributed by atoms with Crippen molar-refractivity contribution in [1.29, 1.82) is 0 Å². The maximum atomic E-state index is 5.64. The van der Waals surface area contributed by atoms with Gasteiger partial charge in [-0.25, -0.2) is 0 Å². The highest BCUT2D eigenvalue weighted by Crippen LogP contribution is 2.47. The Morgan fingerprint density at radius 1 is 1.14 bits per heavy atom. The number of hydrogen-bond acceptors (Lipinski definition) is 3. The lowest BCUT2D eigenvalue weighted by Gasteiger charge is -2.30. The van der Waals surface area contributed by atoms with E-state index < -0.39 is 0 Å². The highest BCUT2D eigenvalue weighted by Gasteiger charge is 2.39. The van der Waals surface area contributed by atoms with Gasteiger partial charge in [0.2, 0.25) is 0 Å². The maximum Gasteiger partial charge on any atom is 0.122 e. The van der Waals surface area contributed by atoms with Crippen molar-refractivity contribution in [2.24, 2.45) is 5.92 Å². The van der Waals surface area contributed by atoms with Gasteiger partial charge < -0.3 is 14.4 Å². The van der Waals surface area contributed by atoms with Crippen molar-refractivity contribution in [1.82, 2.24) is 4.90 Å². The molecule has 0 N–H and O–H groups in total. The number of methoxy groups -OCH3 is 2. The molecule has 1 aromatic carbocycles. The second-order valence-corrected chi connectivity index (χ2v) is 6.03. The first-order chi connectivity index (χ1) is 9.78. The molecule has 3 rings (SSSR count). The van der Waals surface area contributed by atoms with Gasteiger partial charge in [-0.3, -0.25) is 0 Å². The number of hydrogen-bond donors (Lipinski definition) is 0. The zero-order valence-corrected chi connectivity index (χ0v) is 14.0. The third-order valence-corrected chi connectivity index (χ3v) is 4.91. The van der Waals surface area contributed by atoms with E-state index in [0.717, 1.165) is 23.8 Å². The Kier molecular flexibility index (Phi) is 5.39. The molecule has 2 unspecified atom stereocenters. The fourth-order valence-corrected chi connectivity index (χ4v) is 4.07. The van der Waals surface area contributed by atoms with Gasteiger partial charge in [0, 0.05) is 30.1 Å². The van der Waals surface area contributed by atoms with Gasteiger partial charge in [-0.2, -0.15) is 0 Å². The molecule has 2 aliphatic rings. The van der Waals surface area contributed by atoms with E-state index in [-0.39, 0.29) is 12.4 Å². The third kappa shape index (κ3) is 2.86. The van der Waals surface area contributed by atoms with Gasteiger partial charge in [-0.1, -0.05) is 6.92 Å². The SMILES string of the molecule is CCCN1CC2CCc3c(OC)ccc(OC)c3C2C1.Cl. The van der Waals surface area contributed by atoms with Crippen LogP contribution in [0.25, 0.3) is 0 Å². The van der Waals surface area contributed by atoms with Crippen LogP contribution in [-0.2, 0) is 6.42 Å². The predicted octanol–water partition coefficient (Wildman–Crippen LogP) is 3.50. The smallest absolute Gasteiger partial charge is 0.122 e. The van der Waals surface area contributed by atoms with Crippen molar-refractivity contribution in [2.75, 3.05) is 33.9 Å². The molecule has 1 saturated heterocycles. The summed E-state index contributed by atoms with van der Waals surface area (Å²) in [5.41, 5.74) is 2.80. The van der Waals surface area contributed by atoms with Crippen LogP contribution in [0.15, 0.2) is 12.1 Å². The van der Waals surface area contributed by atoms with E-state index in [4.69, 9.17) is 9.47 Å². The summed E-state index contributed by atoms with van der Waals surface area (Å²) in [6.07, 6.45) is 3.64. The number of nitrogens with zero attached hydrogens (tertiary/aromatic N) is 1. The van der Waals surface area contributed by atoms with Crippen LogP contribution in [0.3, 0.4) is 0 Å². The van der Waals surface area contributed by atoms with Crippen LogP contribution in [0.5, 0.6) is 11.5 Å². The van der Waals surface area contributed by atoms with E-state index in [0.29, 0.717) is 5.92 Å². The quantitative estimate of drug-likeness (QED) is 0.849. The molecule has 2 atom stereocenters. The molecule has 0 bridgehead atoms. The maximum absolute atomic E-state index is 5.64. The lowest BCUT2D eigenvalue weighted by molar-refractivity contribution is 0.321. The fourth-order valence-electron chi connectivity index (χ4n) is 4.07. The summed E-state index contributed by atoms with van der Waals surface area (Å²) in [7, 11) is 3.55. The largest absolute Gasteiger partial charge is 0.496 e. The van der Waals surface area contributed by atoms with Crippen molar-refractivity contribution >= 4 is 12.4 Å². The molecular weight excluding hydrogens is 286 g/mol. The Hall–Kier alpha value is -0.930. The molecule has 0 saturated carbocycles. The van der Waals surface area contributed by atoms with Crippen molar-refractivity contribution in [3.63, 3.8) is 0 Å². The molecule has 0 spiro atoms. The zero-order chi connectivity index (χ0) is 14.1. The molecule has 0 amide bonds. The van der Waals surface area contributed by atoms with E-state index in [1.54, 1.807) is 14.2 Å². The highest BCUT2D eigenvalue weighted by molar-refractivity contribution is 5.85. The summed E-state index contributed by atoms with van der Waals surface area (Å²) in [6.45, 7) is 5.90. The van der Waals surface area contributed by atoms with Gasteiger partial charge in [0.25, 0.3) is 0 Å². The Balaban J connectivity index is 0.00000161. The van der Waals surface area contributed by atoms with E-state index >= 15 is 0 Å². The summed E-state index contributed by atoms with van der Waals surface area (Å²) >= 11 is 0. The van der Waals surface area contributed by atoms with Crippen LogP contribution in [-0.4, -0.2) is 38.8 Å². The van der Waals surface area contributed by atoms with Gasteiger partial charge in [0.15, 0.2) is 0 Å². The molecule has 21 heavy (non-hydrogen) atoms. The van der Waals surface area contributed by atoms with Crippen LogP contribution in [0, 0.1) is 5.92 Å². The lowest BCUT2D eigenvalue weighted by atomic mass is 9.76. The summed E-state index contributed by atoms with van der Waals surface area (Å²) in [5.74, 6) is 3.49. The van der Waals surface area contributed by atoms with Crippen LogP contribution >= 0.6 is 12.4 Å². The number of ether oxygens (including phenoxy) is 2. The van der Waals surface area contributed by atoms with Crippen LogP contribution in [0.2, 0.25) is 0 Å². The fraction of sp³-hybridized carbons (Fsp3) is 0.647. The molecule has 3 nitrogen and oxygen atoms in total. The van der Waals surface area contributed by atoms with Gasteiger partial charge in [-0.15, -0.1) is 12.4 Å². The predicted molar refractivity (Wildman–Crippen MR) is 88.1 cm³/mol. The van der Waals surface area contributed by atoms with Crippen molar-refractivity contribution in [3.8, 4) is 11.5 Å². The Bertz CT molecular complexity index is 492. The van der Waals surface area contributed by atoms with Gasteiger partial charge in [-0.05, 0) is 43.9 Å². The van der Waals surface area contributed by atoms with E-state index in [2.05, 4.69) is 24.0 Å².